The van der Waals surface area contributed by atoms with Gasteiger partial charge in [0.2, 0.25) is 0 Å². The SMILES string of the molecule is Cc1sc(C(=O)N2CCCC2C(C)C)cc1S(=O)(=O)Cl. The summed E-state index contributed by atoms with van der Waals surface area (Å²) in [4.78, 5) is 15.5. The fourth-order valence-corrected chi connectivity index (χ4v) is 5.31. The number of carbonyl (C=O) groups excluding carboxylic acids is 1. The smallest absolute Gasteiger partial charge is 0.264 e. The van der Waals surface area contributed by atoms with Crippen LogP contribution in [0.5, 0.6) is 0 Å². The molecule has 1 aliphatic heterocycles. The third kappa shape index (κ3) is 3.02. The number of halogens is 1. The molecule has 2 rings (SSSR count). The highest BCUT2D eigenvalue weighted by atomic mass is 35.7. The first-order valence-electron chi connectivity index (χ1n) is 6.58. The summed E-state index contributed by atoms with van der Waals surface area (Å²) in [5, 5.41) is 0. The Balaban J connectivity index is 2.31. The number of aryl methyl sites for hydroxylation is 1. The number of carbonyl (C=O) groups is 1. The molecule has 4 nitrogen and oxygen atoms in total. The average molecular weight is 336 g/mol. The molecule has 1 saturated heterocycles. The topological polar surface area (TPSA) is 54.5 Å². The highest BCUT2D eigenvalue weighted by Gasteiger charge is 2.33. The van der Waals surface area contributed by atoms with Crippen molar-refractivity contribution in [2.75, 3.05) is 6.54 Å². The molecule has 0 aliphatic carbocycles. The van der Waals surface area contributed by atoms with Crippen molar-refractivity contribution in [3.8, 4) is 0 Å². The van der Waals surface area contributed by atoms with Crippen LogP contribution in [0, 0.1) is 12.8 Å². The van der Waals surface area contributed by atoms with Crippen molar-refractivity contribution in [2.45, 2.75) is 44.6 Å². The van der Waals surface area contributed by atoms with Gasteiger partial charge in [-0.3, -0.25) is 4.79 Å². The number of thiophene rings is 1. The normalized spacial score (nSPS) is 19.9. The molecule has 1 unspecified atom stereocenters. The van der Waals surface area contributed by atoms with Crippen LogP contribution in [0.3, 0.4) is 0 Å². The minimum Gasteiger partial charge on any atom is -0.335 e. The molecule has 1 amide bonds. The molecule has 0 N–H and O–H groups in total. The minimum absolute atomic E-state index is 0.0489. The summed E-state index contributed by atoms with van der Waals surface area (Å²) in [5.41, 5.74) is 0. The van der Waals surface area contributed by atoms with Crippen molar-refractivity contribution < 1.29 is 13.2 Å². The summed E-state index contributed by atoms with van der Waals surface area (Å²) in [6, 6.07) is 1.64. The Kier molecular flexibility index (Phi) is 4.47. The fourth-order valence-electron chi connectivity index (χ4n) is 2.69. The number of likely N-dealkylation sites (tertiary alicyclic amines) is 1. The van der Waals surface area contributed by atoms with Crippen LogP contribution in [0.4, 0.5) is 0 Å². The number of hydrogen-bond acceptors (Lipinski definition) is 4. The van der Waals surface area contributed by atoms with Crippen molar-refractivity contribution in [3.63, 3.8) is 0 Å². The van der Waals surface area contributed by atoms with E-state index in [-0.39, 0.29) is 16.8 Å². The second-order valence-electron chi connectivity index (χ2n) is 5.42. The van der Waals surface area contributed by atoms with E-state index in [1.54, 1.807) is 6.92 Å². The molecule has 0 saturated carbocycles. The van der Waals surface area contributed by atoms with Crippen LogP contribution >= 0.6 is 22.0 Å². The lowest BCUT2D eigenvalue weighted by Gasteiger charge is -2.27. The number of hydrogen-bond donors (Lipinski definition) is 0. The van der Waals surface area contributed by atoms with Crippen LogP contribution in [0.25, 0.3) is 0 Å². The Morgan fingerprint density at radius 1 is 1.50 bits per heavy atom. The quantitative estimate of drug-likeness (QED) is 0.797. The van der Waals surface area contributed by atoms with Crippen LogP contribution in [0.2, 0.25) is 0 Å². The molecule has 0 aromatic carbocycles. The minimum atomic E-state index is -3.79. The Labute approximate surface area is 128 Å². The molecule has 0 radical (unpaired) electrons. The summed E-state index contributed by atoms with van der Waals surface area (Å²) in [7, 11) is 1.59. The van der Waals surface area contributed by atoms with Crippen molar-refractivity contribution in [2.24, 2.45) is 5.92 Å². The molecule has 1 aromatic rings. The van der Waals surface area contributed by atoms with Crippen molar-refractivity contribution in [3.05, 3.63) is 15.8 Å². The second kappa shape index (κ2) is 5.66. The largest absolute Gasteiger partial charge is 0.335 e. The molecule has 1 atom stereocenters. The molecule has 20 heavy (non-hydrogen) atoms. The summed E-state index contributed by atoms with van der Waals surface area (Å²) < 4.78 is 22.9. The van der Waals surface area contributed by atoms with Gasteiger partial charge >= 0.3 is 0 Å². The van der Waals surface area contributed by atoms with Gasteiger partial charge in [0.25, 0.3) is 15.0 Å². The van der Waals surface area contributed by atoms with Crippen LogP contribution in [-0.2, 0) is 9.05 Å². The van der Waals surface area contributed by atoms with E-state index in [2.05, 4.69) is 13.8 Å². The number of rotatable bonds is 3. The van der Waals surface area contributed by atoms with E-state index in [0.29, 0.717) is 15.7 Å². The molecule has 1 aliphatic rings. The standard InChI is InChI=1S/C13H18ClNO3S2/c1-8(2)10-5-4-6-15(10)13(16)11-7-12(9(3)19-11)20(14,17)18/h7-8,10H,4-6H2,1-3H3. The van der Waals surface area contributed by atoms with E-state index in [1.165, 1.54) is 17.4 Å². The predicted octanol–water partition coefficient (Wildman–Crippen LogP) is 3.24. The van der Waals surface area contributed by atoms with E-state index in [0.717, 1.165) is 19.4 Å². The molecule has 1 fully saturated rings. The first-order chi connectivity index (χ1) is 9.21. The van der Waals surface area contributed by atoms with E-state index >= 15 is 0 Å². The van der Waals surface area contributed by atoms with Gasteiger partial charge in [-0.2, -0.15) is 0 Å². The lowest BCUT2D eigenvalue weighted by molar-refractivity contribution is 0.0706. The number of amides is 1. The Bertz CT molecular complexity index is 622. The van der Waals surface area contributed by atoms with Gasteiger partial charge in [-0.25, -0.2) is 8.42 Å². The van der Waals surface area contributed by atoms with Crippen LogP contribution < -0.4 is 0 Å². The highest BCUT2D eigenvalue weighted by Crippen LogP contribution is 2.32. The van der Waals surface area contributed by atoms with Crippen molar-refractivity contribution in [1.82, 2.24) is 4.90 Å². The molecule has 2 heterocycles. The van der Waals surface area contributed by atoms with Gasteiger partial charge in [-0.1, -0.05) is 13.8 Å². The zero-order valence-corrected chi connectivity index (χ0v) is 14.1. The molecular weight excluding hydrogens is 318 g/mol. The summed E-state index contributed by atoms with van der Waals surface area (Å²) in [6.07, 6.45) is 2.01. The van der Waals surface area contributed by atoms with Crippen molar-refractivity contribution in [1.29, 1.82) is 0 Å². The van der Waals surface area contributed by atoms with Gasteiger partial charge in [0, 0.05) is 28.1 Å². The van der Waals surface area contributed by atoms with E-state index < -0.39 is 9.05 Å². The van der Waals surface area contributed by atoms with Gasteiger partial charge in [-0.05, 0) is 31.7 Å². The van der Waals surface area contributed by atoms with E-state index in [9.17, 15) is 13.2 Å². The maximum Gasteiger partial charge on any atom is 0.264 e. The van der Waals surface area contributed by atoms with Crippen LogP contribution in [0.15, 0.2) is 11.0 Å². The average Bonchev–Trinajstić information content (AvgIpc) is 2.92. The first-order valence-corrected chi connectivity index (χ1v) is 9.70. The first kappa shape index (κ1) is 15.8. The third-order valence-electron chi connectivity index (χ3n) is 3.68. The fraction of sp³-hybridized carbons (Fsp3) is 0.615. The molecule has 1 aromatic heterocycles. The summed E-state index contributed by atoms with van der Waals surface area (Å²) in [6.45, 7) is 6.61. The molecular formula is C13H18ClNO3S2. The van der Waals surface area contributed by atoms with Gasteiger partial charge in [-0.15, -0.1) is 11.3 Å². The molecule has 112 valence electrons. The van der Waals surface area contributed by atoms with Gasteiger partial charge in [0.15, 0.2) is 0 Å². The van der Waals surface area contributed by atoms with Crippen LogP contribution in [0.1, 0.15) is 41.2 Å². The molecule has 0 spiro atoms. The Morgan fingerprint density at radius 2 is 2.15 bits per heavy atom. The highest BCUT2D eigenvalue weighted by molar-refractivity contribution is 8.13. The Hall–Kier alpha value is -0.590. The maximum absolute atomic E-state index is 12.6. The molecule has 7 heteroatoms. The summed E-state index contributed by atoms with van der Waals surface area (Å²) in [5.74, 6) is 0.319. The van der Waals surface area contributed by atoms with Gasteiger partial charge in [0.05, 0.1) is 9.77 Å². The monoisotopic (exact) mass is 335 g/mol. The Morgan fingerprint density at radius 3 is 2.65 bits per heavy atom. The van der Waals surface area contributed by atoms with Gasteiger partial charge in [0.1, 0.15) is 0 Å². The van der Waals surface area contributed by atoms with Gasteiger partial charge < -0.3 is 4.90 Å². The number of nitrogens with zero attached hydrogens (tertiary/aromatic N) is 1. The lowest BCUT2D eigenvalue weighted by Crippen LogP contribution is -2.38. The van der Waals surface area contributed by atoms with E-state index in [1.807, 2.05) is 4.90 Å². The third-order valence-corrected chi connectivity index (χ3v) is 6.29. The van der Waals surface area contributed by atoms with Crippen molar-refractivity contribution >= 4 is 37.0 Å². The summed E-state index contributed by atoms with van der Waals surface area (Å²) >= 11 is 1.20. The van der Waals surface area contributed by atoms with Crippen LogP contribution in [-0.4, -0.2) is 31.8 Å². The predicted molar refractivity (Wildman–Crippen MR) is 81.0 cm³/mol. The van der Waals surface area contributed by atoms with E-state index in [4.69, 9.17) is 10.7 Å². The maximum atomic E-state index is 12.6. The zero-order chi connectivity index (χ0) is 15.1. The zero-order valence-electron chi connectivity index (χ0n) is 11.7. The second-order valence-corrected chi connectivity index (χ2v) is 9.21. The molecule has 0 bridgehead atoms. The lowest BCUT2D eigenvalue weighted by atomic mass is 10.0.